The van der Waals surface area contributed by atoms with Crippen molar-refractivity contribution >= 4 is 45.2 Å². The van der Waals surface area contributed by atoms with E-state index in [0.29, 0.717) is 15.2 Å². The number of ether oxygens (including phenoxy) is 1. The largest absolute Gasteiger partial charge is 0.481 e. The highest BCUT2D eigenvalue weighted by molar-refractivity contribution is 9.10. The lowest BCUT2D eigenvalue weighted by Gasteiger charge is -2.26. The second-order valence-electron chi connectivity index (χ2n) is 4.72. The predicted molar refractivity (Wildman–Crippen MR) is 81.7 cm³/mol. The van der Waals surface area contributed by atoms with Crippen molar-refractivity contribution in [2.75, 3.05) is 25.6 Å². The highest BCUT2D eigenvalue weighted by atomic mass is 79.9. The summed E-state index contributed by atoms with van der Waals surface area (Å²) in [5.41, 5.74) is 0.564. The van der Waals surface area contributed by atoms with Gasteiger partial charge in [0.1, 0.15) is 5.92 Å². The monoisotopic (exact) mass is 376 g/mol. The molecular weight excluding hydrogens is 364 g/mol. The number of halogens is 2. The van der Waals surface area contributed by atoms with Crippen molar-refractivity contribution < 1.29 is 19.4 Å². The molecule has 2 N–H and O–H groups in total. The average Bonchev–Trinajstić information content (AvgIpc) is 2.91. The smallest absolute Gasteiger partial charge is 0.321 e. The van der Waals surface area contributed by atoms with E-state index in [-0.39, 0.29) is 13.2 Å². The first-order chi connectivity index (χ1) is 9.90. The molecule has 0 radical (unpaired) electrons. The van der Waals surface area contributed by atoms with Gasteiger partial charge in [0, 0.05) is 17.2 Å². The first-order valence-electron chi connectivity index (χ1n) is 6.19. The van der Waals surface area contributed by atoms with Gasteiger partial charge in [-0.15, -0.1) is 0 Å². The molecule has 0 saturated carbocycles. The zero-order valence-electron chi connectivity index (χ0n) is 11.2. The minimum Gasteiger partial charge on any atom is -0.481 e. The quantitative estimate of drug-likeness (QED) is 0.849. The van der Waals surface area contributed by atoms with Gasteiger partial charge in [-0.1, -0.05) is 11.6 Å². The maximum Gasteiger partial charge on any atom is 0.321 e. The van der Waals surface area contributed by atoms with Crippen molar-refractivity contribution in [3.63, 3.8) is 0 Å². The zero-order chi connectivity index (χ0) is 15.6. The summed E-state index contributed by atoms with van der Waals surface area (Å²) in [6, 6.07) is 4.11. The molecule has 2 amide bonds. The van der Waals surface area contributed by atoms with Crippen LogP contribution in [0.1, 0.15) is 0 Å². The molecule has 0 bridgehead atoms. The van der Waals surface area contributed by atoms with E-state index in [1.807, 2.05) is 0 Å². The van der Waals surface area contributed by atoms with Crippen LogP contribution >= 0.6 is 27.5 Å². The number of urea groups is 1. The minimum atomic E-state index is -0.966. The number of anilines is 1. The van der Waals surface area contributed by atoms with Crippen LogP contribution in [0.25, 0.3) is 0 Å². The van der Waals surface area contributed by atoms with Crippen molar-refractivity contribution in [2.45, 2.75) is 6.04 Å². The van der Waals surface area contributed by atoms with Crippen LogP contribution in [0.4, 0.5) is 10.5 Å². The van der Waals surface area contributed by atoms with E-state index >= 15 is 0 Å². The Hall–Kier alpha value is -1.31. The molecule has 1 heterocycles. The molecule has 2 atom stereocenters. The van der Waals surface area contributed by atoms with Gasteiger partial charge in [0.05, 0.1) is 24.3 Å². The molecule has 1 saturated heterocycles. The highest BCUT2D eigenvalue weighted by Gasteiger charge is 2.38. The van der Waals surface area contributed by atoms with E-state index in [9.17, 15) is 9.59 Å². The number of aliphatic carboxylic acids is 1. The number of amides is 2. The fourth-order valence-corrected chi connectivity index (χ4v) is 2.59. The van der Waals surface area contributed by atoms with Crippen molar-refractivity contribution in [3.8, 4) is 0 Å². The molecule has 0 aromatic heterocycles. The molecule has 6 nitrogen and oxygen atoms in total. The Balaban J connectivity index is 2.05. The summed E-state index contributed by atoms with van der Waals surface area (Å²) in [4.78, 5) is 24.7. The van der Waals surface area contributed by atoms with Gasteiger partial charge in [-0.25, -0.2) is 4.79 Å². The average molecular weight is 378 g/mol. The van der Waals surface area contributed by atoms with E-state index < -0.39 is 24.0 Å². The Kier molecular flexibility index (Phi) is 5.08. The fourth-order valence-electron chi connectivity index (χ4n) is 2.10. The van der Waals surface area contributed by atoms with E-state index in [4.69, 9.17) is 21.4 Å². The lowest BCUT2D eigenvalue weighted by Crippen LogP contribution is -2.45. The summed E-state index contributed by atoms with van der Waals surface area (Å²) < 4.78 is 5.82. The van der Waals surface area contributed by atoms with Crippen LogP contribution in [0.2, 0.25) is 5.02 Å². The number of carboxylic acids is 1. The molecular formula is C13H14BrClN2O4. The number of benzene rings is 1. The summed E-state index contributed by atoms with van der Waals surface area (Å²) in [6.07, 6.45) is 0. The third kappa shape index (κ3) is 3.66. The molecule has 8 heteroatoms. The number of likely N-dealkylation sites (N-methyl/N-ethyl adjacent to an activating group) is 1. The van der Waals surface area contributed by atoms with Crippen LogP contribution in [0.5, 0.6) is 0 Å². The third-order valence-corrected chi connectivity index (χ3v) is 4.57. The van der Waals surface area contributed by atoms with Crippen LogP contribution in [-0.4, -0.2) is 48.3 Å². The molecule has 1 aromatic carbocycles. The molecule has 1 aromatic rings. The van der Waals surface area contributed by atoms with Gasteiger partial charge >= 0.3 is 12.0 Å². The Labute approximate surface area is 135 Å². The van der Waals surface area contributed by atoms with Gasteiger partial charge in [-0.05, 0) is 34.1 Å². The summed E-state index contributed by atoms with van der Waals surface area (Å²) in [5.74, 6) is -1.68. The number of hydrogen-bond acceptors (Lipinski definition) is 3. The van der Waals surface area contributed by atoms with Crippen LogP contribution in [-0.2, 0) is 9.53 Å². The zero-order valence-corrected chi connectivity index (χ0v) is 13.5. The van der Waals surface area contributed by atoms with E-state index in [2.05, 4.69) is 21.2 Å². The predicted octanol–water partition coefficient (Wildman–Crippen LogP) is 2.67. The Bertz CT molecular complexity index is 569. The lowest BCUT2D eigenvalue weighted by molar-refractivity contribution is -0.142. The number of carboxylic acid groups (broad SMARTS) is 1. The normalized spacial score (nSPS) is 21.1. The number of hydrogen-bond donors (Lipinski definition) is 2. The van der Waals surface area contributed by atoms with Crippen molar-refractivity contribution in [1.29, 1.82) is 0 Å². The van der Waals surface area contributed by atoms with E-state index in [1.54, 1.807) is 25.2 Å². The van der Waals surface area contributed by atoms with Crippen molar-refractivity contribution in [3.05, 3.63) is 27.7 Å². The summed E-state index contributed by atoms with van der Waals surface area (Å²) in [5, 5.41) is 12.3. The molecule has 21 heavy (non-hydrogen) atoms. The number of nitrogens with zero attached hydrogens (tertiary/aromatic N) is 1. The lowest BCUT2D eigenvalue weighted by atomic mass is 10.0. The first kappa shape index (κ1) is 16.1. The van der Waals surface area contributed by atoms with Gasteiger partial charge in [-0.3, -0.25) is 4.79 Å². The van der Waals surface area contributed by atoms with Gasteiger partial charge < -0.3 is 20.1 Å². The molecule has 1 aliphatic heterocycles. The van der Waals surface area contributed by atoms with Crippen LogP contribution in [0, 0.1) is 5.92 Å². The summed E-state index contributed by atoms with van der Waals surface area (Å²) >= 11 is 9.16. The Morgan fingerprint density at radius 2 is 2.19 bits per heavy atom. The maximum atomic E-state index is 12.2. The number of nitrogens with one attached hydrogen (secondary N) is 1. The van der Waals surface area contributed by atoms with Gasteiger partial charge in [0.15, 0.2) is 0 Å². The second-order valence-corrected chi connectivity index (χ2v) is 5.98. The SMILES string of the molecule is CN(C(=O)Nc1ccc(Cl)c(Br)c1)C1COCC1C(=O)O. The molecule has 1 aliphatic rings. The first-order valence-corrected chi connectivity index (χ1v) is 7.36. The Morgan fingerprint density at radius 1 is 1.48 bits per heavy atom. The molecule has 0 aliphatic carbocycles. The van der Waals surface area contributed by atoms with Crippen LogP contribution < -0.4 is 5.32 Å². The second kappa shape index (κ2) is 6.64. The third-order valence-electron chi connectivity index (χ3n) is 3.36. The van der Waals surface area contributed by atoms with Gasteiger partial charge in [-0.2, -0.15) is 0 Å². The standard InChI is InChI=1S/C13H14BrClN2O4/c1-17(11-6-21-5-8(11)12(18)19)13(20)16-7-2-3-10(15)9(14)4-7/h2-4,8,11H,5-6H2,1H3,(H,16,20)(H,18,19). The van der Waals surface area contributed by atoms with Gasteiger partial charge in [0.25, 0.3) is 0 Å². The van der Waals surface area contributed by atoms with Crippen molar-refractivity contribution in [2.24, 2.45) is 5.92 Å². The molecule has 114 valence electrons. The molecule has 2 unspecified atom stereocenters. The number of rotatable bonds is 3. The Morgan fingerprint density at radius 3 is 2.81 bits per heavy atom. The summed E-state index contributed by atoms with van der Waals surface area (Å²) in [7, 11) is 1.55. The molecule has 1 fully saturated rings. The van der Waals surface area contributed by atoms with Crippen molar-refractivity contribution in [1.82, 2.24) is 4.90 Å². The molecule has 0 spiro atoms. The van der Waals surface area contributed by atoms with Crippen LogP contribution in [0.3, 0.4) is 0 Å². The highest BCUT2D eigenvalue weighted by Crippen LogP contribution is 2.26. The van der Waals surface area contributed by atoms with Gasteiger partial charge in [0.2, 0.25) is 0 Å². The van der Waals surface area contributed by atoms with Crippen LogP contribution in [0.15, 0.2) is 22.7 Å². The van der Waals surface area contributed by atoms with E-state index in [1.165, 1.54) is 4.90 Å². The number of carbonyl (C=O) groups excluding carboxylic acids is 1. The molecule has 2 rings (SSSR count). The van der Waals surface area contributed by atoms with E-state index in [0.717, 1.165) is 0 Å². The minimum absolute atomic E-state index is 0.115. The fraction of sp³-hybridized carbons (Fsp3) is 0.385. The number of carbonyl (C=O) groups is 2. The maximum absolute atomic E-state index is 12.2. The summed E-state index contributed by atoms with van der Waals surface area (Å²) in [6.45, 7) is 0.329. The topological polar surface area (TPSA) is 78.9 Å².